The minimum atomic E-state index is -3.07. The van der Waals surface area contributed by atoms with Gasteiger partial charge in [0.1, 0.15) is 0 Å². The van der Waals surface area contributed by atoms with Crippen LogP contribution in [0, 0.1) is 23.2 Å². The highest BCUT2D eigenvalue weighted by Crippen LogP contribution is 2.60. The number of ether oxygens (including phenoxy) is 1. The van der Waals surface area contributed by atoms with E-state index in [0.717, 1.165) is 25.7 Å². The molecule has 0 aromatic carbocycles. The third-order valence-electron chi connectivity index (χ3n) is 5.08. The predicted octanol–water partition coefficient (Wildman–Crippen LogP) is 1.98. The van der Waals surface area contributed by atoms with Crippen molar-refractivity contribution >= 4 is 5.97 Å². The fourth-order valence-electron chi connectivity index (χ4n) is 4.66. The van der Waals surface area contributed by atoms with E-state index in [0.29, 0.717) is 11.8 Å². The molecule has 3 nitrogen and oxygen atoms in total. The lowest BCUT2D eigenvalue weighted by Gasteiger charge is -2.59. The summed E-state index contributed by atoms with van der Waals surface area (Å²) in [5.74, 6) is -0.0215. The Morgan fingerprint density at radius 2 is 1.89 bits per heavy atom. The van der Waals surface area contributed by atoms with Gasteiger partial charge in [0.25, 0.3) is 0 Å². The molecule has 4 aliphatic carbocycles. The molecule has 0 radical (unpaired) electrons. The fraction of sp³-hybridized carbons (Fsp3) is 0.923. The first kappa shape index (κ1) is 12.3. The second-order valence-electron chi connectivity index (χ2n) is 6.32. The van der Waals surface area contributed by atoms with Crippen LogP contribution in [0.4, 0.5) is 8.78 Å². The van der Waals surface area contributed by atoms with Gasteiger partial charge >= 0.3 is 12.4 Å². The first-order chi connectivity index (χ1) is 8.50. The molecule has 0 heterocycles. The number of alkyl halides is 2. The minimum Gasteiger partial charge on any atom is -0.461 e. The molecule has 0 amide bonds. The summed E-state index contributed by atoms with van der Waals surface area (Å²) in [5.41, 5.74) is -0.445. The van der Waals surface area contributed by atoms with Crippen LogP contribution in [-0.2, 0) is 9.53 Å². The normalized spacial score (nSPS) is 45.6. The van der Waals surface area contributed by atoms with E-state index in [1.165, 1.54) is 6.42 Å². The molecule has 0 aromatic rings. The van der Waals surface area contributed by atoms with Crippen molar-refractivity contribution in [3.05, 3.63) is 0 Å². The SMILES string of the molecule is O=C(OCC12CC3CC(CC(C3)C1O)C2)C(F)F. The topological polar surface area (TPSA) is 46.5 Å². The Morgan fingerprint density at radius 1 is 1.28 bits per heavy atom. The molecule has 0 spiro atoms. The number of aliphatic hydroxyl groups excluding tert-OH is 1. The van der Waals surface area contributed by atoms with Gasteiger partial charge in [0.2, 0.25) is 0 Å². The second-order valence-corrected chi connectivity index (χ2v) is 6.32. The lowest BCUT2D eigenvalue weighted by molar-refractivity contribution is -0.192. The molecule has 1 N–H and O–H groups in total. The van der Waals surface area contributed by atoms with Gasteiger partial charge in [-0.3, -0.25) is 0 Å². The summed E-state index contributed by atoms with van der Waals surface area (Å²) in [4.78, 5) is 10.9. The highest BCUT2D eigenvalue weighted by molar-refractivity contribution is 5.72. The van der Waals surface area contributed by atoms with Crippen LogP contribution in [0.5, 0.6) is 0 Å². The molecule has 3 atom stereocenters. The number of hydrogen-bond acceptors (Lipinski definition) is 3. The maximum Gasteiger partial charge on any atom is 0.373 e. The van der Waals surface area contributed by atoms with Crippen molar-refractivity contribution < 1.29 is 23.4 Å². The zero-order valence-electron chi connectivity index (χ0n) is 10.1. The van der Waals surface area contributed by atoms with Crippen LogP contribution in [0.15, 0.2) is 0 Å². The average Bonchev–Trinajstić information content (AvgIpc) is 2.32. The van der Waals surface area contributed by atoms with E-state index in [9.17, 15) is 18.7 Å². The van der Waals surface area contributed by atoms with E-state index >= 15 is 0 Å². The Labute approximate surface area is 105 Å². The molecule has 0 saturated heterocycles. The van der Waals surface area contributed by atoms with Crippen LogP contribution < -0.4 is 0 Å². The largest absolute Gasteiger partial charge is 0.461 e. The highest BCUT2D eigenvalue weighted by atomic mass is 19.3. The highest BCUT2D eigenvalue weighted by Gasteiger charge is 2.57. The van der Waals surface area contributed by atoms with Crippen molar-refractivity contribution in [3.63, 3.8) is 0 Å². The van der Waals surface area contributed by atoms with Crippen LogP contribution in [-0.4, -0.2) is 30.2 Å². The molecule has 3 unspecified atom stereocenters. The Morgan fingerprint density at radius 3 is 2.44 bits per heavy atom. The third-order valence-corrected chi connectivity index (χ3v) is 5.08. The maximum atomic E-state index is 12.1. The zero-order chi connectivity index (χ0) is 12.9. The van der Waals surface area contributed by atoms with Gasteiger partial charge < -0.3 is 9.84 Å². The number of rotatable bonds is 3. The van der Waals surface area contributed by atoms with Gasteiger partial charge in [0, 0.05) is 5.41 Å². The van der Waals surface area contributed by atoms with E-state index in [2.05, 4.69) is 0 Å². The van der Waals surface area contributed by atoms with Gasteiger partial charge in [-0.15, -0.1) is 0 Å². The predicted molar refractivity (Wildman–Crippen MR) is 59.0 cm³/mol. The van der Waals surface area contributed by atoms with Crippen molar-refractivity contribution in [2.75, 3.05) is 6.61 Å². The van der Waals surface area contributed by atoms with E-state index in [1.54, 1.807) is 0 Å². The van der Waals surface area contributed by atoms with Crippen LogP contribution in [0.2, 0.25) is 0 Å². The van der Waals surface area contributed by atoms with E-state index < -0.39 is 23.9 Å². The van der Waals surface area contributed by atoms with E-state index in [4.69, 9.17) is 4.74 Å². The Bertz CT molecular complexity index is 344. The molecule has 4 fully saturated rings. The monoisotopic (exact) mass is 260 g/mol. The lowest BCUT2D eigenvalue weighted by Crippen LogP contribution is -2.58. The fourth-order valence-corrected chi connectivity index (χ4v) is 4.66. The van der Waals surface area contributed by atoms with Crippen molar-refractivity contribution in [2.24, 2.45) is 23.2 Å². The van der Waals surface area contributed by atoms with Crippen LogP contribution in [0.3, 0.4) is 0 Å². The van der Waals surface area contributed by atoms with Crippen molar-refractivity contribution in [2.45, 2.75) is 44.6 Å². The molecule has 0 aliphatic heterocycles. The van der Waals surface area contributed by atoms with E-state index in [-0.39, 0.29) is 12.5 Å². The number of hydrogen-bond donors (Lipinski definition) is 1. The number of halogens is 2. The average molecular weight is 260 g/mol. The Balaban J connectivity index is 1.71. The minimum absolute atomic E-state index is 0.0408. The summed E-state index contributed by atoms with van der Waals surface area (Å²) in [7, 11) is 0. The summed E-state index contributed by atoms with van der Waals surface area (Å²) >= 11 is 0. The Kier molecular flexibility index (Phi) is 2.84. The first-order valence-electron chi connectivity index (χ1n) is 6.63. The molecule has 102 valence electrons. The number of carbonyl (C=O) groups is 1. The maximum absolute atomic E-state index is 12.1. The van der Waals surface area contributed by atoms with Crippen LogP contribution >= 0.6 is 0 Å². The Hall–Kier alpha value is -0.710. The summed E-state index contributed by atoms with van der Waals surface area (Å²) in [6.07, 6.45) is 1.35. The second kappa shape index (κ2) is 4.15. The summed E-state index contributed by atoms with van der Waals surface area (Å²) in [5, 5.41) is 10.4. The first-order valence-corrected chi connectivity index (χ1v) is 6.63. The zero-order valence-corrected chi connectivity index (χ0v) is 10.1. The quantitative estimate of drug-likeness (QED) is 0.789. The standard InChI is InChI=1S/C13H18F2O3/c14-11(15)12(17)18-6-13-4-7-1-8(5-13)3-9(2-7)10(13)16/h7-11,16H,1-6H2. The number of esters is 1. The van der Waals surface area contributed by atoms with Gasteiger partial charge in [-0.25, -0.2) is 4.79 Å². The van der Waals surface area contributed by atoms with Crippen molar-refractivity contribution in [1.82, 2.24) is 0 Å². The lowest BCUT2D eigenvalue weighted by atomic mass is 9.48. The number of carbonyl (C=O) groups excluding carboxylic acids is 1. The third kappa shape index (κ3) is 1.83. The van der Waals surface area contributed by atoms with Gasteiger partial charge in [0.05, 0.1) is 12.7 Å². The molecule has 18 heavy (non-hydrogen) atoms. The smallest absolute Gasteiger partial charge is 0.373 e. The van der Waals surface area contributed by atoms with Gasteiger partial charge in [-0.2, -0.15) is 8.78 Å². The molecule has 4 saturated carbocycles. The number of aliphatic hydroxyl groups is 1. The van der Waals surface area contributed by atoms with Crippen LogP contribution in [0.1, 0.15) is 32.1 Å². The van der Waals surface area contributed by atoms with Crippen molar-refractivity contribution in [3.8, 4) is 0 Å². The molecule has 4 aliphatic rings. The molecular formula is C13H18F2O3. The molecule has 4 rings (SSSR count). The summed E-state index contributed by atoms with van der Waals surface area (Å²) in [6, 6.07) is 0. The van der Waals surface area contributed by atoms with Gasteiger partial charge in [0.15, 0.2) is 0 Å². The van der Waals surface area contributed by atoms with Gasteiger partial charge in [-0.1, -0.05) is 0 Å². The van der Waals surface area contributed by atoms with Gasteiger partial charge in [-0.05, 0) is 49.9 Å². The van der Waals surface area contributed by atoms with Crippen LogP contribution in [0.25, 0.3) is 0 Å². The van der Waals surface area contributed by atoms with E-state index in [1.807, 2.05) is 0 Å². The molecular weight excluding hydrogens is 242 g/mol. The molecule has 0 aromatic heterocycles. The molecule has 5 heteroatoms. The summed E-state index contributed by atoms with van der Waals surface area (Å²) < 4.78 is 29.0. The van der Waals surface area contributed by atoms with Crippen molar-refractivity contribution in [1.29, 1.82) is 0 Å². The molecule has 4 bridgehead atoms. The summed E-state index contributed by atoms with van der Waals surface area (Å²) in [6.45, 7) is -0.0408.